The van der Waals surface area contributed by atoms with Gasteiger partial charge in [-0.15, -0.1) is 0 Å². The van der Waals surface area contributed by atoms with Crippen LogP contribution in [-0.4, -0.2) is 70.1 Å². The highest BCUT2D eigenvalue weighted by Crippen LogP contribution is 2.02. The lowest BCUT2D eigenvalue weighted by Crippen LogP contribution is -2.44. The van der Waals surface area contributed by atoms with Gasteiger partial charge in [-0.1, -0.05) is 25.7 Å². The molecule has 9 N–H and O–H groups in total. The maximum Gasteiger partial charge on any atom is 0.407 e. The molecule has 0 bridgehead atoms. The molecule has 0 aliphatic rings. The second kappa shape index (κ2) is 20.2. The predicted octanol–water partition coefficient (Wildman–Crippen LogP) is -0.0795. The lowest BCUT2D eigenvalue weighted by molar-refractivity contribution is -0.121. The van der Waals surface area contributed by atoms with E-state index >= 15 is 0 Å². The van der Waals surface area contributed by atoms with E-state index in [1.165, 1.54) is 0 Å². The third kappa shape index (κ3) is 19.2. The Hall–Kier alpha value is -2.11. The molecule has 0 aromatic rings. The Morgan fingerprint density at radius 2 is 1.50 bits per heavy atom. The van der Waals surface area contributed by atoms with Crippen LogP contribution in [0.3, 0.4) is 0 Å². The van der Waals surface area contributed by atoms with Crippen LogP contribution >= 0.6 is 0 Å². The Labute approximate surface area is 179 Å². The standard InChI is InChI=1S/C19H40N6O5/c20-9-5-2-1-3-7-11-23-14-17(26)25-16(8-4-6-10-21)15-30-19(28)24-12-13-29-18(22)27/h16,23H,1-15,20-21H2,(H2,22,27)(H,24,28)(H,25,26). The number of rotatable bonds is 19. The summed E-state index contributed by atoms with van der Waals surface area (Å²) < 4.78 is 9.64. The van der Waals surface area contributed by atoms with Crippen molar-refractivity contribution in [1.29, 1.82) is 0 Å². The minimum absolute atomic E-state index is 0.0416. The zero-order chi connectivity index (χ0) is 22.5. The van der Waals surface area contributed by atoms with Gasteiger partial charge in [0.25, 0.3) is 0 Å². The molecule has 0 aliphatic carbocycles. The molecule has 0 aliphatic heterocycles. The Kier molecular flexibility index (Phi) is 18.8. The van der Waals surface area contributed by atoms with E-state index in [4.69, 9.17) is 21.9 Å². The van der Waals surface area contributed by atoms with Crippen LogP contribution < -0.4 is 33.2 Å². The van der Waals surface area contributed by atoms with E-state index in [2.05, 4.69) is 20.7 Å². The Morgan fingerprint density at radius 3 is 2.20 bits per heavy atom. The molecule has 3 amide bonds. The van der Waals surface area contributed by atoms with Gasteiger partial charge >= 0.3 is 12.2 Å². The fourth-order valence-electron chi connectivity index (χ4n) is 2.67. The average molecular weight is 433 g/mol. The molecule has 1 atom stereocenters. The molecule has 0 aromatic heterocycles. The maximum atomic E-state index is 12.2. The first-order chi connectivity index (χ1) is 14.5. The number of ether oxygens (including phenoxy) is 2. The van der Waals surface area contributed by atoms with Crippen LogP contribution in [-0.2, 0) is 14.3 Å². The highest BCUT2D eigenvalue weighted by atomic mass is 16.6. The summed E-state index contributed by atoms with van der Waals surface area (Å²) in [7, 11) is 0. The molecule has 0 spiro atoms. The molecular weight excluding hydrogens is 392 g/mol. The first kappa shape index (κ1) is 27.9. The van der Waals surface area contributed by atoms with Crippen molar-refractivity contribution >= 4 is 18.1 Å². The third-order valence-electron chi connectivity index (χ3n) is 4.25. The van der Waals surface area contributed by atoms with Gasteiger partial charge in [0, 0.05) is 0 Å². The minimum Gasteiger partial charge on any atom is -0.448 e. The molecule has 0 aromatic carbocycles. The van der Waals surface area contributed by atoms with Crippen LogP contribution in [0.15, 0.2) is 0 Å². The summed E-state index contributed by atoms with van der Waals surface area (Å²) >= 11 is 0. The molecule has 0 saturated carbocycles. The van der Waals surface area contributed by atoms with Gasteiger partial charge in [0.15, 0.2) is 0 Å². The molecule has 0 rings (SSSR count). The monoisotopic (exact) mass is 432 g/mol. The van der Waals surface area contributed by atoms with Gasteiger partial charge in [0.05, 0.1) is 19.1 Å². The molecule has 0 heterocycles. The summed E-state index contributed by atoms with van der Waals surface area (Å²) in [6.07, 6.45) is 6.22. The molecule has 11 nitrogen and oxygen atoms in total. The Balaban J connectivity index is 4.05. The van der Waals surface area contributed by atoms with E-state index in [-0.39, 0.29) is 38.3 Å². The van der Waals surface area contributed by atoms with E-state index in [0.29, 0.717) is 13.0 Å². The van der Waals surface area contributed by atoms with Gasteiger partial charge in [-0.25, -0.2) is 9.59 Å². The van der Waals surface area contributed by atoms with E-state index in [0.717, 1.165) is 58.0 Å². The van der Waals surface area contributed by atoms with Crippen molar-refractivity contribution in [3.05, 3.63) is 0 Å². The Bertz CT molecular complexity index is 467. The van der Waals surface area contributed by atoms with Crippen molar-refractivity contribution in [2.24, 2.45) is 17.2 Å². The van der Waals surface area contributed by atoms with Gasteiger partial charge in [-0.3, -0.25) is 4.79 Å². The molecule has 11 heteroatoms. The number of hydrogen-bond donors (Lipinski definition) is 6. The summed E-state index contributed by atoms with van der Waals surface area (Å²) in [6.45, 7) is 2.38. The number of unbranched alkanes of at least 4 members (excludes halogenated alkanes) is 5. The highest BCUT2D eigenvalue weighted by molar-refractivity contribution is 5.78. The smallest absolute Gasteiger partial charge is 0.407 e. The first-order valence-corrected chi connectivity index (χ1v) is 10.7. The van der Waals surface area contributed by atoms with Gasteiger partial charge in [0.2, 0.25) is 5.91 Å². The minimum atomic E-state index is -0.909. The average Bonchev–Trinajstić information content (AvgIpc) is 2.71. The number of amides is 3. The maximum absolute atomic E-state index is 12.2. The van der Waals surface area contributed by atoms with Gasteiger partial charge in [-0.2, -0.15) is 0 Å². The van der Waals surface area contributed by atoms with Crippen LogP contribution in [0.1, 0.15) is 51.4 Å². The number of nitrogens with two attached hydrogens (primary N) is 3. The molecule has 176 valence electrons. The third-order valence-corrected chi connectivity index (χ3v) is 4.25. The lowest BCUT2D eigenvalue weighted by atomic mass is 10.1. The number of nitrogens with one attached hydrogen (secondary N) is 3. The quantitative estimate of drug-likeness (QED) is 0.153. The van der Waals surface area contributed by atoms with Crippen LogP contribution in [0.5, 0.6) is 0 Å². The number of hydrogen-bond acceptors (Lipinski definition) is 8. The fraction of sp³-hybridized carbons (Fsp3) is 0.842. The number of alkyl carbamates (subject to hydrolysis) is 1. The van der Waals surface area contributed by atoms with Crippen molar-refractivity contribution in [2.45, 2.75) is 57.4 Å². The van der Waals surface area contributed by atoms with Crippen LogP contribution in [0.2, 0.25) is 0 Å². The molecular formula is C19H40N6O5. The number of carbonyl (C=O) groups excluding carboxylic acids is 3. The van der Waals surface area contributed by atoms with E-state index in [1.807, 2.05) is 0 Å². The zero-order valence-electron chi connectivity index (χ0n) is 18.0. The normalized spacial score (nSPS) is 11.5. The summed E-state index contributed by atoms with van der Waals surface area (Å²) in [4.78, 5) is 34.3. The van der Waals surface area contributed by atoms with Crippen molar-refractivity contribution in [3.63, 3.8) is 0 Å². The molecule has 0 radical (unpaired) electrons. The largest absolute Gasteiger partial charge is 0.448 e. The highest BCUT2D eigenvalue weighted by Gasteiger charge is 2.14. The number of primary amides is 1. The van der Waals surface area contributed by atoms with Crippen LogP contribution in [0, 0.1) is 0 Å². The van der Waals surface area contributed by atoms with Gasteiger partial charge < -0.3 is 42.6 Å². The molecule has 1 unspecified atom stereocenters. The van der Waals surface area contributed by atoms with Crippen molar-refractivity contribution in [2.75, 3.05) is 45.9 Å². The van der Waals surface area contributed by atoms with Gasteiger partial charge in [0.1, 0.15) is 13.2 Å². The van der Waals surface area contributed by atoms with Crippen molar-refractivity contribution < 1.29 is 23.9 Å². The Morgan fingerprint density at radius 1 is 0.833 bits per heavy atom. The lowest BCUT2D eigenvalue weighted by Gasteiger charge is -2.19. The summed E-state index contributed by atoms with van der Waals surface area (Å²) in [5, 5.41) is 8.45. The first-order valence-electron chi connectivity index (χ1n) is 10.7. The molecule has 0 saturated heterocycles. The predicted molar refractivity (Wildman–Crippen MR) is 115 cm³/mol. The van der Waals surface area contributed by atoms with E-state index in [1.54, 1.807) is 0 Å². The van der Waals surface area contributed by atoms with Crippen LogP contribution in [0.25, 0.3) is 0 Å². The van der Waals surface area contributed by atoms with Crippen molar-refractivity contribution in [3.8, 4) is 0 Å². The van der Waals surface area contributed by atoms with E-state index < -0.39 is 12.2 Å². The fourth-order valence-corrected chi connectivity index (χ4v) is 2.67. The zero-order valence-corrected chi connectivity index (χ0v) is 18.0. The molecule has 30 heavy (non-hydrogen) atoms. The number of carbonyl (C=O) groups is 3. The summed E-state index contributed by atoms with van der Waals surface area (Å²) in [5.74, 6) is -0.144. The van der Waals surface area contributed by atoms with Crippen molar-refractivity contribution in [1.82, 2.24) is 16.0 Å². The second-order valence-corrected chi connectivity index (χ2v) is 6.97. The SMILES string of the molecule is NCCCCCCCNCC(=O)NC(CCCCN)COC(=O)NCCOC(N)=O. The topological polar surface area (TPSA) is 184 Å². The van der Waals surface area contributed by atoms with Gasteiger partial charge in [-0.05, 0) is 45.3 Å². The second-order valence-electron chi connectivity index (χ2n) is 6.97. The summed E-state index contributed by atoms with van der Waals surface area (Å²) in [5.41, 5.74) is 15.8. The van der Waals surface area contributed by atoms with Crippen LogP contribution in [0.4, 0.5) is 9.59 Å². The summed E-state index contributed by atoms with van der Waals surface area (Å²) in [6, 6.07) is -0.297. The molecule has 0 fully saturated rings. The van der Waals surface area contributed by atoms with E-state index in [9.17, 15) is 14.4 Å².